The minimum Gasteiger partial charge on any atom is -0.497 e. The number of ether oxygens (including phenoxy) is 2. The van der Waals surface area contributed by atoms with Crippen molar-refractivity contribution in [1.29, 1.82) is 0 Å². The minimum absolute atomic E-state index is 0.0664. The average Bonchev–Trinajstić information content (AvgIpc) is 3.31. The van der Waals surface area contributed by atoms with E-state index in [0.29, 0.717) is 6.42 Å². The van der Waals surface area contributed by atoms with E-state index in [-0.39, 0.29) is 11.5 Å². The van der Waals surface area contributed by atoms with Gasteiger partial charge in [0.15, 0.2) is 0 Å². The molecule has 1 aliphatic heterocycles. The number of benzene rings is 4. The first-order valence-electron chi connectivity index (χ1n) is 11.4. The smallest absolute Gasteiger partial charge is 0.297 e. The number of hydrogen-bond donors (Lipinski definition) is 0. The largest absolute Gasteiger partial charge is 0.497 e. The van der Waals surface area contributed by atoms with Crippen LogP contribution in [0.4, 0.5) is 0 Å². The zero-order valence-corrected chi connectivity index (χ0v) is 20.4. The van der Waals surface area contributed by atoms with E-state index in [9.17, 15) is 8.42 Å². The molecule has 4 aromatic carbocycles. The predicted molar refractivity (Wildman–Crippen MR) is 136 cm³/mol. The Bertz CT molecular complexity index is 1440. The molecular weight excluding hydrogens is 460 g/mol. The van der Waals surface area contributed by atoms with Crippen LogP contribution in [0.15, 0.2) is 95.9 Å². The minimum atomic E-state index is -3.87. The van der Waals surface area contributed by atoms with Gasteiger partial charge >= 0.3 is 0 Å². The zero-order chi connectivity index (χ0) is 24.4. The molecule has 0 saturated carbocycles. The summed E-state index contributed by atoms with van der Waals surface area (Å²) in [6.07, 6.45) is 0.136. The van der Waals surface area contributed by atoms with Crippen molar-refractivity contribution in [2.24, 2.45) is 0 Å². The van der Waals surface area contributed by atoms with E-state index in [1.165, 1.54) is 0 Å². The number of aryl methyl sites for hydroxylation is 1. The van der Waals surface area contributed by atoms with Crippen molar-refractivity contribution in [2.75, 3.05) is 13.7 Å². The second-order valence-corrected chi connectivity index (χ2v) is 10.2. The highest BCUT2D eigenvalue weighted by Crippen LogP contribution is 2.43. The second-order valence-electron chi connectivity index (χ2n) is 8.61. The van der Waals surface area contributed by atoms with Gasteiger partial charge in [0.25, 0.3) is 10.1 Å². The molecule has 0 radical (unpaired) electrons. The van der Waals surface area contributed by atoms with Crippen LogP contribution in [-0.4, -0.2) is 28.2 Å². The molecular formula is C29H26O5S. The van der Waals surface area contributed by atoms with E-state index in [1.807, 2.05) is 49.4 Å². The van der Waals surface area contributed by atoms with Gasteiger partial charge in [-0.15, -0.1) is 0 Å². The van der Waals surface area contributed by atoms with Gasteiger partial charge < -0.3 is 9.47 Å². The van der Waals surface area contributed by atoms with Gasteiger partial charge in [0.2, 0.25) is 0 Å². The number of methoxy groups -OCH3 is 1. The Morgan fingerprint density at radius 3 is 2.34 bits per heavy atom. The van der Waals surface area contributed by atoms with Crippen LogP contribution < -0.4 is 9.47 Å². The molecule has 0 aromatic heterocycles. The third-order valence-electron chi connectivity index (χ3n) is 6.10. The molecule has 0 fully saturated rings. The molecule has 1 heterocycles. The average molecular weight is 487 g/mol. The van der Waals surface area contributed by atoms with Crippen molar-refractivity contribution in [3.63, 3.8) is 0 Å². The maximum Gasteiger partial charge on any atom is 0.297 e. The molecule has 0 saturated heterocycles. The summed E-state index contributed by atoms with van der Waals surface area (Å²) in [7, 11) is -2.23. The van der Waals surface area contributed by atoms with Gasteiger partial charge in [0.1, 0.15) is 24.2 Å². The summed E-state index contributed by atoms with van der Waals surface area (Å²) in [6.45, 7) is 1.84. The Balaban J connectivity index is 1.45. The third kappa shape index (κ3) is 4.94. The summed E-state index contributed by atoms with van der Waals surface area (Å²) in [6, 6.07) is 28.8. The quantitative estimate of drug-likeness (QED) is 0.298. The first kappa shape index (κ1) is 23.1. The van der Waals surface area contributed by atoms with E-state index in [1.54, 1.807) is 31.4 Å². The van der Waals surface area contributed by atoms with Crippen LogP contribution in [0.2, 0.25) is 0 Å². The molecule has 178 valence electrons. The van der Waals surface area contributed by atoms with Crippen LogP contribution in [0, 0.1) is 6.92 Å². The summed E-state index contributed by atoms with van der Waals surface area (Å²) >= 11 is 0. The molecule has 0 aliphatic carbocycles. The summed E-state index contributed by atoms with van der Waals surface area (Å²) in [4.78, 5) is 0.141. The lowest BCUT2D eigenvalue weighted by atomic mass is 9.94. The van der Waals surface area contributed by atoms with Gasteiger partial charge in [0, 0.05) is 12.0 Å². The third-order valence-corrected chi connectivity index (χ3v) is 7.40. The van der Waals surface area contributed by atoms with E-state index in [2.05, 4.69) is 24.3 Å². The van der Waals surface area contributed by atoms with Crippen molar-refractivity contribution in [1.82, 2.24) is 0 Å². The van der Waals surface area contributed by atoms with Gasteiger partial charge in [-0.3, -0.25) is 4.18 Å². The number of hydrogen-bond acceptors (Lipinski definition) is 5. The Morgan fingerprint density at radius 2 is 1.60 bits per heavy atom. The summed E-state index contributed by atoms with van der Waals surface area (Å²) in [5.74, 6) is 1.50. The highest BCUT2D eigenvalue weighted by molar-refractivity contribution is 7.86. The number of rotatable bonds is 7. The molecule has 5 nitrogen and oxygen atoms in total. The molecule has 4 aromatic rings. The lowest BCUT2D eigenvalue weighted by molar-refractivity contribution is 0.152. The predicted octanol–water partition coefficient (Wildman–Crippen LogP) is 6.05. The molecule has 6 heteroatoms. The maximum atomic E-state index is 12.7. The Hall–Kier alpha value is -3.61. The molecule has 1 unspecified atom stereocenters. The van der Waals surface area contributed by atoms with Gasteiger partial charge in [-0.25, -0.2) is 0 Å². The van der Waals surface area contributed by atoms with Gasteiger partial charge in [-0.2, -0.15) is 8.42 Å². The Kier molecular flexibility index (Phi) is 6.32. The van der Waals surface area contributed by atoms with Crippen molar-refractivity contribution in [2.45, 2.75) is 24.3 Å². The SMILES string of the molecule is COc1cccc(-c2cc(-c3ccccc3)cc3c2OC(COS(=O)(=O)c2ccc(C)cc2)C3)c1. The monoisotopic (exact) mass is 486 g/mol. The number of fused-ring (bicyclic) bond motifs is 1. The molecule has 0 amide bonds. The lowest BCUT2D eigenvalue weighted by Gasteiger charge is -2.15. The van der Waals surface area contributed by atoms with Gasteiger partial charge in [0.05, 0.1) is 12.0 Å². The van der Waals surface area contributed by atoms with Crippen LogP contribution in [-0.2, 0) is 20.7 Å². The van der Waals surface area contributed by atoms with Crippen LogP contribution in [0.5, 0.6) is 11.5 Å². The standard InChI is InChI=1S/C29H26O5S/c1-20-11-13-27(14-12-20)35(30,31)33-19-26-17-24-15-23(21-7-4-3-5-8-21)18-28(29(24)34-26)22-9-6-10-25(16-22)32-2/h3-16,18,26H,17,19H2,1-2H3. The highest BCUT2D eigenvalue weighted by Gasteiger charge is 2.29. The van der Waals surface area contributed by atoms with Crippen molar-refractivity contribution >= 4 is 10.1 Å². The molecule has 35 heavy (non-hydrogen) atoms. The fraction of sp³-hybridized carbons (Fsp3) is 0.172. The molecule has 1 aliphatic rings. The molecule has 1 atom stereocenters. The first-order chi connectivity index (χ1) is 16.9. The topological polar surface area (TPSA) is 61.8 Å². The zero-order valence-electron chi connectivity index (χ0n) is 19.6. The van der Waals surface area contributed by atoms with E-state index in [4.69, 9.17) is 13.7 Å². The molecule has 0 spiro atoms. The molecule has 0 N–H and O–H groups in total. The molecule has 0 bridgehead atoms. The fourth-order valence-electron chi connectivity index (χ4n) is 4.27. The van der Waals surface area contributed by atoms with Crippen molar-refractivity contribution < 1.29 is 22.1 Å². The van der Waals surface area contributed by atoms with Crippen LogP contribution in [0.3, 0.4) is 0 Å². The van der Waals surface area contributed by atoms with Crippen LogP contribution >= 0.6 is 0 Å². The van der Waals surface area contributed by atoms with E-state index >= 15 is 0 Å². The molecule has 5 rings (SSSR count). The Morgan fingerprint density at radius 1 is 0.857 bits per heavy atom. The lowest BCUT2D eigenvalue weighted by Crippen LogP contribution is -2.23. The highest BCUT2D eigenvalue weighted by atomic mass is 32.2. The van der Waals surface area contributed by atoms with Gasteiger partial charge in [-0.1, -0.05) is 60.2 Å². The summed E-state index contributed by atoms with van der Waals surface area (Å²) in [5, 5.41) is 0. The Labute approximate surface area is 206 Å². The first-order valence-corrected chi connectivity index (χ1v) is 12.8. The normalized spacial score (nSPS) is 14.9. The van der Waals surface area contributed by atoms with Crippen molar-refractivity contribution in [3.8, 4) is 33.8 Å². The van der Waals surface area contributed by atoms with Crippen molar-refractivity contribution in [3.05, 3.63) is 102 Å². The van der Waals surface area contributed by atoms with E-state index in [0.717, 1.165) is 44.9 Å². The van der Waals surface area contributed by atoms with Gasteiger partial charge in [-0.05, 0) is 65.6 Å². The fourth-order valence-corrected chi connectivity index (χ4v) is 5.20. The van der Waals surface area contributed by atoms with Crippen LogP contribution in [0.25, 0.3) is 22.3 Å². The second kappa shape index (κ2) is 9.56. The summed E-state index contributed by atoms with van der Waals surface area (Å²) in [5.41, 5.74) is 6.07. The maximum absolute atomic E-state index is 12.7. The van der Waals surface area contributed by atoms with Crippen LogP contribution in [0.1, 0.15) is 11.1 Å². The van der Waals surface area contributed by atoms with E-state index < -0.39 is 16.2 Å². The summed E-state index contributed by atoms with van der Waals surface area (Å²) < 4.78 is 42.5.